The minimum atomic E-state index is -5.84. The van der Waals surface area contributed by atoms with Crippen LogP contribution < -0.4 is 0 Å². The van der Waals surface area contributed by atoms with Gasteiger partial charge in [-0.2, -0.15) is 40.4 Å². The number of nitriles is 1. The molecule has 2 atom stereocenters. The van der Waals surface area contributed by atoms with E-state index in [9.17, 15) is 50.1 Å². The van der Waals surface area contributed by atoms with E-state index in [-0.39, 0.29) is 43.0 Å². The Kier molecular flexibility index (Phi) is 8.14. The number of amides is 1. The van der Waals surface area contributed by atoms with Crippen LogP contribution in [0.4, 0.5) is 39.9 Å². The first-order valence-electron chi connectivity index (χ1n) is 14.0. The molecule has 46 heavy (non-hydrogen) atoms. The van der Waals surface area contributed by atoms with Crippen LogP contribution in [0.3, 0.4) is 0 Å². The summed E-state index contributed by atoms with van der Waals surface area (Å²) in [7, 11) is 0. The number of hydrogen-bond acceptors (Lipinski definition) is 8. The van der Waals surface area contributed by atoms with E-state index in [0.29, 0.717) is 32.2 Å². The summed E-state index contributed by atoms with van der Waals surface area (Å²) in [4.78, 5) is 17.0. The van der Waals surface area contributed by atoms with Gasteiger partial charge in [-0.05, 0) is 32.0 Å². The van der Waals surface area contributed by atoms with E-state index in [1.54, 1.807) is 13.8 Å². The lowest BCUT2D eigenvalue weighted by Crippen LogP contribution is -2.55. The second kappa shape index (κ2) is 11.2. The molecule has 2 fully saturated rings. The van der Waals surface area contributed by atoms with E-state index >= 15 is 0 Å². The maximum Gasteiger partial charge on any atom is 0.456 e. The molecule has 0 spiro atoms. The SMILES string of the molecule is C[C@]12CN(CCN3CCN(C(=O)OCC(F)(F)C(F)(F)F)CC3)C[C@](C)(O1)c1c2c(O)n(-c2ccc(C#N)c(C(F)(F)F)c2)c1O. The molecule has 1 aromatic carbocycles. The first kappa shape index (κ1) is 33.5. The summed E-state index contributed by atoms with van der Waals surface area (Å²) < 4.78 is 115. The molecule has 2 N–H and O–H groups in total. The first-order valence-corrected chi connectivity index (χ1v) is 14.0. The van der Waals surface area contributed by atoms with Gasteiger partial charge in [-0.25, -0.2) is 4.79 Å². The molecule has 2 saturated heterocycles. The molecule has 5 rings (SSSR count). The predicted octanol–water partition coefficient (Wildman–Crippen LogP) is 4.51. The number of ether oxygens (including phenoxy) is 2. The molecule has 1 aromatic heterocycles. The van der Waals surface area contributed by atoms with Crippen molar-refractivity contribution in [2.75, 3.05) is 59.0 Å². The third-order valence-electron chi connectivity index (χ3n) is 8.52. The van der Waals surface area contributed by atoms with Crippen LogP contribution in [0.5, 0.6) is 11.8 Å². The Morgan fingerprint density at radius 3 is 1.98 bits per heavy atom. The Bertz CT molecular complexity index is 1520. The number of morpholine rings is 1. The third kappa shape index (κ3) is 5.79. The highest BCUT2D eigenvalue weighted by molar-refractivity contribution is 5.67. The molecule has 4 heterocycles. The fourth-order valence-corrected chi connectivity index (χ4v) is 6.45. The zero-order valence-corrected chi connectivity index (χ0v) is 24.5. The third-order valence-corrected chi connectivity index (χ3v) is 8.52. The number of rotatable bonds is 6. The number of halogens is 8. The lowest BCUT2D eigenvalue weighted by Gasteiger charge is -2.44. The quantitative estimate of drug-likeness (QED) is 0.433. The Labute approximate surface area is 256 Å². The van der Waals surface area contributed by atoms with Crippen molar-refractivity contribution in [1.29, 1.82) is 5.26 Å². The average molecular weight is 668 g/mol. The fourth-order valence-electron chi connectivity index (χ4n) is 6.45. The maximum atomic E-state index is 13.6. The van der Waals surface area contributed by atoms with Gasteiger partial charge in [0.1, 0.15) is 11.2 Å². The molecule has 252 valence electrons. The molecular formula is C28H29F8N5O5. The minimum absolute atomic E-state index is 0.0394. The second-order valence-electron chi connectivity index (χ2n) is 11.9. The van der Waals surface area contributed by atoms with Crippen molar-refractivity contribution in [2.24, 2.45) is 0 Å². The van der Waals surface area contributed by atoms with Crippen molar-refractivity contribution in [1.82, 2.24) is 19.3 Å². The largest absolute Gasteiger partial charge is 0.494 e. The van der Waals surface area contributed by atoms with Gasteiger partial charge in [0.05, 0.1) is 34.0 Å². The summed E-state index contributed by atoms with van der Waals surface area (Å²) in [6, 6.07) is 4.31. The molecule has 2 bridgehead atoms. The molecule has 1 amide bonds. The van der Waals surface area contributed by atoms with E-state index in [1.807, 2.05) is 9.80 Å². The zero-order valence-electron chi connectivity index (χ0n) is 24.5. The van der Waals surface area contributed by atoms with E-state index in [2.05, 4.69) is 4.74 Å². The number of carbonyl (C=O) groups excluding carboxylic acids is 1. The summed E-state index contributed by atoms with van der Waals surface area (Å²) >= 11 is 0. The van der Waals surface area contributed by atoms with Crippen LogP contribution in [-0.2, 0) is 26.9 Å². The van der Waals surface area contributed by atoms with Gasteiger partial charge in [-0.15, -0.1) is 0 Å². The van der Waals surface area contributed by atoms with E-state index in [0.717, 1.165) is 15.5 Å². The lowest BCUT2D eigenvalue weighted by molar-refractivity contribution is -0.292. The highest BCUT2D eigenvalue weighted by Crippen LogP contribution is 2.59. The number of aromatic hydroxyl groups is 2. The van der Waals surface area contributed by atoms with Crippen molar-refractivity contribution in [3.8, 4) is 23.5 Å². The van der Waals surface area contributed by atoms with Gasteiger partial charge >= 0.3 is 24.4 Å². The number of benzene rings is 1. The van der Waals surface area contributed by atoms with Gasteiger partial charge in [0.2, 0.25) is 11.8 Å². The smallest absolute Gasteiger partial charge is 0.456 e. The number of hydrogen-bond donors (Lipinski definition) is 2. The van der Waals surface area contributed by atoms with Gasteiger partial charge in [0.15, 0.2) is 6.61 Å². The van der Waals surface area contributed by atoms with Crippen molar-refractivity contribution in [3.05, 3.63) is 40.5 Å². The average Bonchev–Trinajstić information content (AvgIpc) is 3.33. The molecule has 18 heteroatoms. The maximum absolute atomic E-state index is 13.6. The monoisotopic (exact) mass is 667 g/mol. The van der Waals surface area contributed by atoms with Crippen LogP contribution >= 0.6 is 0 Å². The van der Waals surface area contributed by atoms with Crippen LogP contribution in [-0.4, -0.2) is 107 Å². The molecule has 2 aromatic rings. The van der Waals surface area contributed by atoms with Crippen molar-refractivity contribution >= 4 is 6.09 Å². The van der Waals surface area contributed by atoms with E-state index < -0.39 is 65.1 Å². The number of piperazine rings is 1. The number of fused-ring (bicyclic) bond motifs is 5. The van der Waals surface area contributed by atoms with Crippen LogP contribution in [0.25, 0.3) is 5.69 Å². The Hall–Kier alpha value is -3.82. The number of carbonyl (C=O) groups is 1. The van der Waals surface area contributed by atoms with Crippen LogP contribution in [0.2, 0.25) is 0 Å². The van der Waals surface area contributed by atoms with Gasteiger partial charge in [-0.1, -0.05) is 0 Å². The molecule has 3 aliphatic rings. The second-order valence-corrected chi connectivity index (χ2v) is 11.9. The topological polar surface area (TPSA) is 114 Å². The van der Waals surface area contributed by atoms with Crippen LogP contribution in [0.1, 0.15) is 36.1 Å². The Balaban J connectivity index is 1.24. The van der Waals surface area contributed by atoms with Gasteiger partial charge in [0, 0.05) is 52.4 Å². The van der Waals surface area contributed by atoms with E-state index in [4.69, 9.17) is 10.00 Å². The van der Waals surface area contributed by atoms with Gasteiger partial charge < -0.3 is 24.6 Å². The molecule has 0 unspecified atom stereocenters. The number of aromatic nitrogens is 1. The van der Waals surface area contributed by atoms with Crippen molar-refractivity contribution in [3.63, 3.8) is 0 Å². The predicted molar refractivity (Wildman–Crippen MR) is 141 cm³/mol. The molecule has 0 radical (unpaired) electrons. The lowest BCUT2D eigenvalue weighted by atomic mass is 9.94. The Morgan fingerprint density at radius 2 is 1.48 bits per heavy atom. The van der Waals surface area contributed by atoms with Crippen molar-refractivity contribution < 1.29 is 59.6 Å². The van der Waals surface area contributed by atoms with Crippen molar-refractivity contribution in [2.45, 2.75) is 43.3 Å². The first-order chi connectivity index (χ1) is 21.2. The van der Waals surface area contributed by atoms with Gasteiger partial charge in [-0.3, -0.25) is 14.4 Å². The normalized spacial score (nSPS) is 24.2. The van der Waals surface area contributed by atoms with Crippen LogP contribution in [0.15, 0.2) is 18.2 Å². The minimum Gasteiger partial charge on any atom is -0.494 e. The Morgan fingerprint density at radius 1 is 0.935 bits per heavy atom. The summed E-state index contributed by atoms with van der Waals surface area (Å²) in [5, 5.41) is 31.6. The summed E-state index contributed by atoms with van der Waals surface area (Å²) in [5.74, 6) is -6.17. The van der Waals surface area contributed by atoms with Crippen LogP contribution in [0, 0.1) is 11.3 Å². The number of alkyl halides is 8. The highest BCUT2D eigenvalue weighted by Gasteiger charge is 2.60. The fraction of sp³-hybridized carbons (Fsp3) is 0.571. The number of nitrogens with zero attached hydrogens (tertiary/aromatic N) is 5. The van der Waals surface area contributed by atoms with Gasteiger partial charge in [0.25, 0.3) is 0 Å². The van der Waals surface area contributed by atoms with E-state index in [1.165, 1.54) is 12.1 Å². The molecule has 3 aliphatic heterocycles. The summed E-state index contributed by atoms with van der Waals surface area (Å²) in [6.45, 7) is 3.29. The molecule has 10 nitrogen and oxygen atoms in total. The molecular weight excluding hydrogens is 638 g/mol. The summed E-state index contributed by atoms with van der Waals surface area (Å²) in [6.07, 6.45) is -12.0. The standard InChI is InChI=1S/C28H29F8N5O5/c1-24-13-39(6-5-38-7-9-40(10-8-38)23(44)45-15-26(29,30)28(34,35)36)14-25(2,46-24)20-19(24)21(42)41(22(20)43)17-4-3-16(12-37)18(11-17)27(31,32)33/h3-4,11,42-43H,5-10,13-15H2,1-2H3/t24-,25+. The zero-order chi connectivity index (χ0) is 34.0. The molecule has 0 aliphatic carbocycles. The highest BCUT2D eigenvalue weighted by atomic mass is 19.4. The summed E-state index contributed by atoms with van der Waals surface area (Å²) in [5.41, 5.74) is -3.94. The molecule has 0 saturated carbocycles.